The molecule has 1 atom stereocenters. The van der Waals surface area contributed by atoms with Crippen LogP contribution in [0.15, 0.2) is 24.3 Å². The van der Waals surface area contributed by atoms with Gasteiger partial charge in [0.25, 0.3) is 0 Å². The van der Waals surface area contributed by atoms with E-state index < -0.39 is 6.04 Å². The Kier molecular flexibility index (Phi) is 5.32. The SMILES string of the molecule is CNC(=O)CNC(C)C(=O)Nc1ccc(C)cc1. The summed E-state index contributed by atoms with van der Waals surface area (Å²) in [5, 5.41) is 8.10. The zero-order valence-corrected chi connectivity index (χ0v) is 10.9. The number of likely N-dealkylation sites (N-methyl/N-ethyl adjacent to an activating group) is 1. The van der Waals surface area contributed by atoms with E-state index in [2.05, 4.69) is 16.0 Å². The summed E-state index contributed by atoms with van der Waals surface area (Å²) in [6, 6.07) is 7.12. The van der Waals surface area contributed by atoms with E-state index in [0.29, 0.717) is 0 Å². The van der Waals surface area contributed by atoms with Gasteiger partial charge in [0.15, 0.2) is 0 Å². The molecule has 0 spiro atoms. The van der Waals surface area contributed by atoms with Gasteiger partial charge in [0, 0.05) is 12.7 Å². The predicted molar refractivity (Wildman–Crippen MR) is 71.3 cm³/mol. The maximum Gasteiger partial charge on any atom is 0.241 e. The van der Waals surface area contributed by atoms with Crippen LogP contribution in [0.1, 0.15) is 12.5 Å². The number of hydrogen-bond donors (Lipinski definition) is 3. The molecule has 98 valence electrons. The number of amides is 2. The molecule has 0 saturated carbocycles. The molecule has 0 heterocycles. The number of aryl methyl sites for hydroxylation is 1. The van der Waals surface area contributed by atoms with Gasteiger partial charge in [-0.15, -0.1) is 0 Å². The zero-order valence-electron chi connectivity index (χ0n) is 10.9. The van der Waals surface area contributed by atoms with Crippen LogP contribution in [0.2, 0.25) is 0 Å². The van der Waals surface area contributed by atoms with Crippen LogP contribution in [0.4, 0.5) is 5.69 Å². The highest BCUT2D eigenvalue weighted by Crippen LogP contribution is 2.08. The molecule has 1 aromatic carbocycles. The summed E-state index contributed by atoms with van der Waals surface area (Å²) in [6.45, 7) is 3.82. The topological polar surface area (TPSA) is 70.2 Å². The lowest BCUT2D eigenvalue weighted by Gasteiger charge is -2.13. The second kappa shape index (κ2) is 6.76. The lowest BCUT2D eigenvalue weighted by molar-refractivity contribution is -0.120. The number of benzene rings is 1. The molecule has 0 aliphatic heterocycles. The summed E-state index contributed by atoms with van der Waals surface area (Å²) >= 11 is 0. The molecular formula is C13H19N3O2. The minimum Gasteiger partial charge on any atom is -0.358 e. The highest BCUT2D eigenvalue weighted by molar-refractivity contribution is 5.94. The van der Waals surface area contributed by atoms with Crippen LogP contribution in [0.5, 0.6) is 0 Å². The minimum atomic E-state index is -0.427. The van der Waals surface area contributed by atoms with E-state index in [1.54, 1.807) is 14.0 Å². The average molecular weight is 249 g/mol. The quantitative estimate of drug-likeness (QED) is 0.718. The molecule has 3 N–H and O–H groups in total. The summed E-state index contributed by atoms with van der Waals surface area (Å²) in [5.74, 6) is -0.312. The number of anilines is 1. The van der Waals surface area contributed by atoms with E-state index in [0.717, 1.165) is 11.3 Å². The van der Waals surface area contributed by atoms with Gasteiger partial charge in [-0.2, -0.15) is 0 Å². The maximum absolute atomic E-state index is 11.8. The van der Waals surface area contributed by atoms with E-state index >= 15 is 0 Å². The molecule has 0 aliphatic carbocycles. The molecule has 0 aromatic heterocycles. The summed E-state index contributed by atoms with van der Waals surface area (Å²) in [4.78, 5) is 22.8. The maximum atomic E-state index is 11.8. The Bertz CT molecular complexity index is 415. The Hall–Kier alpha value is -1.88. The number of nitrogens with one attached hydrogen (secondary N) is 3. The van der Waals surface area contributed by atoms with Gasteiger partial charge >= 0.3 is 0 Å². The van der Waals surface area contributed by atoms with Crippen LogP contribution in [0, 0.1) is 6.92 Å². The fourth-order valence-corrected chi connectivity index (χ4v) is 1.31. The molecule has 1 rings (SSSR count). The Morgan fingerprint density at radius 3 is 2.39 bits per heavy atom. The molecule has 5 heteroatoms. The van der Waals surface area contributed by atoms with E-state index in [-0.39, 0.29) is 18.4 Å². The summed E-state index contributed by atoms with van der Waals surface area (Å²) in [7, 11) is 1.56. The molecule has 0 aliphatic rings. The van der Waals surface area contributed by atoms with Crippen LogP contribution < -0.4 is 16.0 Å². The van der Waals surface area contributed by atoms with Crippen molar-refractivity contribution in [3.05, 3.63) is 29.8 Å². The number of carbonyl (C=O) groups excluding carboxylic acids is 2. The standard InChI is InChI=1S/C13H19N3O2/c1-9-4-6-11(7-5-9)16-13(18)10(2)15-8-12(17)14-3/h4-7,10,15H,8H2,1-3H3,(H,14,17)(H,16,18). The van der Waals surface area contributed by atoms with Crippen LogP contribution in [0.3, 0.4) is 0 Å². The summed E-state index contributed by atoms with van der Waals surface area (Å²) < 4.78 is 0. The van der Waals surface area contributed by atoms with E-state index in [4.69, 9.17) is 0 Å². The summed E-state index contributed by atoms with van der Waals surface area (Å²) in [6.07, 6.45) is 0. The van der Waals surface area contributed by atoms with Crippen molar-refractivity contribution in [1.29, 1.82) is 0 Å². The van der Waals surface area contributed by atoms with Gasteiger partial charge in [-0.05, 0) is 26.0 Å². The highest BCUT2D eigenvalue weighted by atomic mass is 16.2. The van der Waals surface area contributed by atoms with Crippen molar-refractivity contribution in [1.82, 2.24) is 10.6 Å². The normalized spacial score (nSPS) is 11.7. The van der Waals surface area contributed by atoms with Crippen LogP contribution >= 0.6 is 0 Å². The third kappa shape index (κ3) is 4.55. The second-order valence-electron chi connectivity index (χ2n) is 4.13. The van der Waals surface area contributed by atoms with Crippen molar-refractivity contribution in [2.24, 2.45) is 0 Å². The lowest BCUT2D eigenvalue weighted by Crippen LogP contribution is -2.42. The number of rotatable bonds is 5. The Morgan fingerprint density at radius 2 is 1.83 bits per heavy atom. The second-order valence-corrected chi connectivity index (χ2v) is 4.13. The van der Waals surface area contributed by atoms with E-state index in [1.807, 2.05) is 31.2 Å². The van der Waals surface area contributed by atoms with Gasteiger partial charge in [0.05, 0.1) is 12.6 Å². The lowest BCUT2D eigenvalue weighted by atomic mass is 10.2. The fourth-order valence-electron chi connectivity index (χ4n) is 1.31. The molecule has 0 saturated heterocycles. The molecular weight excluding hydrogens is 230 g/mol. The van der Waals surface area contributed by atoms with Gasteiger partial charge < -0.3 is 10.6 Å². The Morgan fingerprint density at radius 1 is 1.22 bits per heavy atom. The van der Waals surface area contributed by atoms with Crippen LogP contribution in [-0.2, 0) is 9.59 Å². The first-order valence-electron chi connectivity index (χ1n) is 5.84. The van der Waals surface area contributed by atoms with Crippen molar-refractivity contribution < 1.29 is 9.59 Å². The van der Waals surface area contributed by atoms with Gasteiger partial charge in [-0.25, -0.2) is 0 Å². The van der Waals surface area contributed by atoms with Gasteiger partial charge in [0.1, 0.15) is 0 Å². The van der Waals surface area contributed by atoms with E-state index in [1.165, 1.54) is 0 Å². The third-order valence-electron chi connectivity index (χ3n) is 2.56. The smallest absolute Gasteiger partial charge is 0.241 e. The minimum absolute atomic E-state index is 0.124. The van der Waals surface area contributed by atoms with Crippen molar-refractivity contribution >= 4 is 17.5 Å². The molecule has 0 radical (unpaired) electrons. The van der Waals surface area contributed by atoms with Crippen molar-refractivity contribution in [3.63, 3.8) is 0 Å². The monoisotopic (exact) mass is 249 g/mol. The van der Waals surface area contributed by atoms with Crippen molar-refractivity contribution in [2.45, 2.75) is 19.9 Å². The molecule has 1 aromatic rings. The molecule has 0 bridgehead atoms. The predicted octanol–water partition coefficient (Wildman–Crippen LogP) is 0.658. The summed E-state index contributed by atoms with van der Waals surface area (Å²) in [5.41, 5.74) is 1.89. The van der Waals surface area contributed by atoms with Gasteiger partial charge in [-0.3, -0.25) is 14.9 Å². The molecule has 5 nitrogen and oxygen atoms in total. The molecule has 1 unspecified atom stereocenters. The van der Waals surface area contributed by atoms with Crippen molar-refractivity contribution in [2.75, 3.05) is 18.9 Å². The third-order valence-corrected chi connectivity index (χ3v) is 2.56. The Balaban J connectivity index is 2.44. The van der Waals surface area contributed by atoms with Gasteiger partial charge in [0.2, 0.25) is 11.8 Å². The fraction of sp³-hybridized carbons (Fsp3) is 0.385. The number of hydrogen-bond acceptors (Lipinski definition) is 3. The average Bonchev–Trinajstić information content (AvgIpc) is 2.38. The first-order chi connectivity index (χ1) is 8.52. The molecule has 2 amide bonds. The Labute approximate surface area is 107 Å². The van der Waals surface area contributed by atoms with Gasteiger partial charge in [-0.1, -0.05) is 17.7 Å². The first-order valence-corrected chi connectivity index (χ1v) is 5.84. The molecule has 0 fully saturated rings. The van der Waals surface area contributed by atoms with Crippen molar-refractivity contribution in [3.8, 4) is 0 Å². The highest BCUT2D eigenvalue weighted by Gasteiger charge is 2.13. The van der Waals surface area contributed by atoms with Crippen LogP contribution in [-0.4, -0.2) is 31.4 Å². The zero-order chi connectivity index (χ0) is 13.5. The first kappa shape index (κ1) is 14.2. The number of carbonyl (C=O) groups is 2. The van der Waals surface area contributed by atoms with E-state index in [9.17, 15) is 9.59 Å². The molecule has 18 heavy (non-hydrogen) atoms. The largest absolute Gasteiger partial charge is 0.358 e. The van der Waals surface area contributed by atoms with Crippen LogP contribution in [0.25, 0.3) is 0 Å².